The number of nitrogens with zero attached hydrogens (tertiary/aromatic N) is 2. The van der Waals surface area contributed by atoms with E-state index in [1.54, 1.807) is 6.92 Å². The first-order valence-electron chi connectivity index (χ1n) is 5.29. The average Bonchev–Trinajstić information content (AvgIpc) is 2.26. The molecule has 1 aromatic carbocycles. The minimum absolute atomic E-state index is 0.269. The van der Waals surface area contributed by atoms with Crippen molar-refractivity contribution in [3.05, 3.63) is 33.9 Å². The third-order valence-electron chi connectivity index (χ3n) is 2.42. The summed E-state index contributed by atoms with van der Waals surface area (Å²) in [6.07, 6.45) is -4.47. The van der Waals surface area contributed by atoms with Crippen LogP contribution in [0.25, 0.3) is 0 Å². The highest BCUT2D eigenvalue weighted by Crippen LogP contribution is 2.37. The summed E-state index contributed by atoms with van der Waals surface area (Å²) < 4.78 is 37.4. The van der Waals surface area contributed by atoms with Crippen LogP contribution < -0.4 is 4.81 Å². The molecule has 0 atom stereocenters. The largest absolute Gasteiger partial charge is 0.416 e. The minimum Gasteiger partial charge on any atom is -0.258 e. The van der Waals surface area contributed by atoms with Crippen molar-refractivity contribution in [3.8, 4) is 0 Å². The molecule has 0 saturated carbocycles. The zero-order valence-corrected chi connectivity index (χ0v) is 9.89. The number of hydrogen-bond donors (Lipinski definition) is 2. The van der Waals surface area contributed by atoms with Crippen LogP contribution in [-0.2, 0) is 6.18 Å². The molecule has 0 bridgehead atoms. The summed E-state index contributed by atoms with van der Waals surface area (Å²) in [7, 11) is 0. The summed E-state index contributed by atoms with van der Waals surface area (Å²) in [5.41, 5.74) is -2.83. The molecule has 9 heteroatoms. The Labute approximate surface area is 106 Å². The molecular formula is C10H12F3N2O4+. The second-order valence-electron chi connectivity index (χ2n) is 3.91. The van der Waals surface area contributed by atoms with E-state index in [-0.39, 0.29) is 19.0 Å². The maximum absolute atomic E-state index is 12.5. The number of alkyl halides is 3. The Morgan fingerprint density at radius 2 is 1.95 bits per heavy atom. The molecule has 19 heavy (non-hydrogen) atoms. The van der Waals surface area contributed by atoms with Crippen molar-refractivity contribution in [2.75, 3.05) is 6.54 Å². The first-order chi connectivity index (χ1) is 8.59. The van der Waals surface area contributed by atoms with E-state index in [4.69, 9.17) is 0 Å². The highest BCUT2D eigenvalue weighted by atomic mass is 19.4. The van der Waals surface area contributed by atoms with Crippen molar-refractivity contribution in [1.82, 2.24) is 4.81 Å². The first kappa shape index (κ1) is 15.3. The third-order valence-corrected chi connectivity index (χ3v) is 2.42. The Morgan fingerprint density at radius 3 is 2.37 bits per heavy atom. The molecule has 0 heterocycles. The number of halogens is 3. The summed E-state index contributed by atoms with van der Waals surface area (Å²) in [5, 5.41) is 30.0. The van der Waals surface area contributed by atoms with Crippen LogP contribution in [-0.4, -0.2) is 21.9 Å². The molecule has 0 aliphatic rings. The molecule has 0 aliphatic heterocycles. The van der Waals surface area contributed by atoms with Gasteiger partial charge in [-0.3, -0.25) is 10.1 Å². The average molecular weight is 281 g/mol. The van der Waals surface area contributed by atoms with Gasteiger partial charge in [-0.1, -0.05) is 6.92 Å². The standard InChI is InChI=1S/C10H12F3N2O4/c1-2-5-15(18,19)9-4-3-7(10(11,12)13)6-8(9)14(16)17/h3-4,6,18-19H,2,5H2,1H3/q+1. The number of rotatable bonds is 4. The van der Waals surface area contributed by atoms with E-state index in [9.17, 15) is 33.7 Å². The summed E-state index contributed by atoms with van der Waals surface area (Å²) in [5.74, 6) is 0. The minimum atomic E-state index is -4.74. The van der Waals surface area contributed by atoms with Gasteiger partial charge in [-0.25, -0.2) is 0 Å². The van der Waals surface area contributed by atoms with Crippen LogP contribution in [0.4, 0.5) is 24.5 Å². The quantitative estimate of drug-likeness (QED) is 0.504. The van der Waals surface area contributed by atoms with E-state index in [1.165, 1.54) is 0 Å². The molecule has 2 N–H and O–H groups in total. The van der Waals surface area contributed by atoms with E-state index in [0.29, 0.717) is 12.1 Å². The number of benzene rings is 1. The van der Waals surface area contributed by atoms with Gasteiger partial charge in [0.25, 0.3) is 5.69 Å². The molecule has 0 amide bonds. The summed E-state index contributed by atoms with van der Waals surface area (Å²) in [6, 6.07) is 1.54. The Hall–Kier alpha value is -1.71. The fourth-order valence-electron chi connectivity index (χ4n) is 1.58. The Bertz CT molecular complexity index is 488. The lowest BCUT2D eigenvalue weighted by atomic mass is 10.1. The van der Waals surface area contributed by atoms with Crippen LogP contribution in [0, 0.1) is 10.1 Å². The van der Waals surface area contributed by atoms with Crippen LogP contribution >= 0.6 is 0 Å². The molecule has 106 valence electrons. The van der Waals surface area contributed by atoms with Gasteiger partial charge in [0.1, 0.15) is 6.54 Å². The van der Waals surface area contributed by atoms with Gasteiger partial charge in [0, 0.05) is 18.6 Å². The predicted octanol–water partition coefficient (Wildman–Crippen LogP) is 3.11. The topological polar surface area (TPSA) is 83.6 Å². The maximum Gasteiger partial charge on any atom is 0.416 e. The van der Waals surface area contributed by atoms with Gasteiger partial charge >= 0.3 is 11.9 Å². The Morgan fingerprint density at radius 1 is 1.37 bits per heavy atom. The molecule has 0 radical (unpaired) electrons. The Balaban J connectivity index is 3.39. The van der Waals surface area contributed by atoms with E-state index in [1.807, 2.05) is 0 Å². The molecule has 0 aromatic heterocycles. The zero-order valence-electron chi connectivity index (χ0n) is 9.89. The van der Waals surface area contributed by atoms with Crippen LogP contribution in [0.15, 0.2) is 18.2 Å². The summed E-state index contributed by atoms with van der Waals surface area (Å²) >= 11 is 0. The van der Waals surface area contributed by atoms with E-state index in [0.717, 1.165) is 0 Å². The van der Waals surface area contributed by atoms with Crippen molar-refractivity contribution in [2.24, 2.45) is 0 Å². The summed E-state index contributed by atoms with van der Waals surface area (Å²) in [4.78, 5) is 7.85. The summed E-state index contributed by atoms with van der Waals surface area (Å²) in [6.45, 7) is 1.31. The van der Waals surface area contributed by atoms with E-state index in [2.05, 4.69) is 0 Å². The lowest BCUT2D eigenvalue weighted by molar-refractivity contribution is -0.390. The second-order valence-corrected chi connectivity index (χ2v) is 3.91. The third kappa shape index (κ3) is 3.40. The molecule has 0 fully saturated rings. The predicted molar refractivity (Wildman–Crippen MR) is 58.6 cm³/mol. The van der Waals surface area contributed by atoms with Crippen LogP contribution in [0.2, 0.25) is 0 Å². The van der Waals surface area contributed by atoms with Crippen molar-refractivity contribution in [1.29, 1.82) is 0 Å². The zero-order chi connectivity index (χ0) is 14.8. The van der Waals surface area contributed by atoms with Gasteiger partial charge in [0.15, 0.2) is 0 Å². The number of nitro benzene ring substituents is 1. The molecule has 6 nitrogen and oxygen atoms in total. The van der Waals surface area contributed by atoms with Crippen molar-refractivity contribution < 1.29 is 28.5 Å². The fraction of sp³-hybridized carbons (Fsp3) is 0.400. The highest BCUT2D eigenvalue weighted by Gasteiger charge is 2.39. The van der Waals surface area contributed by atoms with E-state index >= 15 is 0 Å². The lowest BCUT2D eigenvalue weighted by Gasteiger charge is -2.20. The number of hydrogen-bond acceptors (Lipinski definition) is 4. The van der Waals surface area contributed by atoms with Crippen LogP contribution in [0.5, 0.6) is 0 Å². The second kappa shape index (κ2) is 5.11. The molecular weight excluding hydrogens is 269 g/mol. The van der Waals surface area contributed by atoms with Gasteiger partial charge in [-0.15, -0.1) is 0 Å². The van der Waals surface area contributed by atoms with Crippen LogP contribution in [0.3, 0.4) is 0 Å². The normalized spacial score (nSPS) is 12.5. The monoisotopic (exact) mass is 281 g/mol. The molecule has 0 spiro atoms. The Kier molecular flexibility index (Phi) is 4.13. The van der Waals surface area contributed by atoms with Gasteiger partial charge in [0.05, 0.1) is 10.5 Å². The SMILES string of the molecule is CCC[N+](O)(O)c1ccc(C(F)(F)F)cc1[N+](=O)[O-]. The number of quaternary nitrogens is 1. The van der Waals surface area contributed by atoms with Crippen molar-refractivity contribution in [3.63, 3.8) is 0 Å². The van der Waals surface area contributed by atoms with Crippen LogP contribution in [0.1, 0.15) is 18.9 Å². The lowest BCUT2D eigenvalue weighted by Crippen LogP contribution is -2.43. The smallest absolute Gasteiger partial charge is 0.258 e. The van der Waals surface area contributed by atoms with Crippen molar-refractivity contribution >= 4 is 11.4 Å². The first-order valence-corrected chi connectivity index (χ1v) is 5.29. The molecule has 0 unspecified atom stereocenters. The van der Waals surface area contributed by atoms with Gasteiger partial charge < -0.3 is 0 Å². The van der Waals surface area contributed by atoms with E-state index < -0.39 is 32.8 Å². The van der Waals surface area contributed by atoms with Gasteiger partial charge in [0.2, 0.25) is 0 Å². The molecule has 1 rings (SSSR count). The molecule has 0 saturated heterocycles. The van der Waals surface area contributed by atoms with Gasteiger partial charge in [-0.05, 0) is 10.9 Å². The number of nitro groups is 1. The fourth-order valence-corrected chi connectivity index (χ4v) is 1.58. The molecule has 0 aliphatic carbocycles. The van der Waals surface area contributed by atoms with Gasteiger partial charge in [-0.2, -0.15) is 23.6 Å². The van der Waals surface area contributed by atoms with Crippen molar-refractivity contribution in [2.45, 2.75) is 19.5 Å². The number of hydroxylamine groups is 2. The highest BCUT2D eigenvalue weighted by molar-refractivity contribution is 5.60. The molecule has 1 aromatic rings. The maximum atomic E-state index is 12.5.